The predicted octanol–water partition coefficient (Wildman–Crippen LogP) is 4.91. The number of hydrogen-bond acceptors (Lipinski definition) is 1. The van der Waals surface area contributed by atoms with E-state index in [-0.39, 0.29) is 0 Å². The molecule has 1 fully saturated rings. The van der Waals surface area contributed by atoms with Gasteiger partial charge in [-0.05, 0) is 49.4 Å². The van der Waals surface area contributed by atoms with Crippen LogP contribution in [0.2, 0.25) is 5.02 Å². The van der Waals surface area contributed by atoms with Crippen LogP contribution in [0.3, 0.4) is 0 Å². The molecule has 96 valence electrons. The van der Waals surface area contributed by atoms with E-state index in [9.17, 15) is 0 Å². The van der Waals surface area contributed by atoms with Crippen LogP contribution in [0.15, 0.2) is 18.2 Å². The summed E-state index contributed by atoms with van der Waals surface area (Å²) in [4.78, 5) is 2.46. The molecule has 0 atom stereocenters. The molecule has 1 heterocycles. The summed E-state index contributed by atoms with van der Waals surface area (Å²) in [6.07, 6.45) is 2.61. The molecule has 0 unspecified atom stereocenters. The molecule has 0 amide bonds. The van der Waals surface area contributed by atoms with Gasteiger partial charge < -0.3 is 4.90 Å². The number of hydrogen-bond donors (Lipinski definition) is 0. The van der Waals surface area contributed by atoms with E-state index in [1.807, 2.05) is 19.9 Å². The second-order valence-electron chi connectivity index (χ2n) is 4.60. The lowest BCUT2D eigenvalue weighted by Gasteiger charge is -2.32. The molecule has 1 nitrogen and oxygen atoms in total. The Morgan fingerprint density at radius 2 is 1.76 bits per heavy atom. The molecular formula is C15H24ClN. The zero-order chi connectivity index (χ0) is 12.8. The highest BCUT2D eigenvalue weighted by molar-refractivity contribution is 6.31. The number of benzene rings is 1. The van der Waals surface area contributed by atoms with Crippen LogP contribution in [0.1, 0.15) is 39.2 Å². The molecule has 1 aliphatic rings. The van der Waals surface area contributed by atoms with Gasteiger partial charge in [0.1, 0.15) is 0 Å². The van der Waals surface area contributed by atoms with Crippen LogP contribution in [0.4, 0.5) is 5.69 Å². The fourth-order valence-corrected chi connectivity index (χ4v) is 2.21. The number of anilines is 1. The standard InChI is InChI=1S/C13H18ClN.C2H6/c1-10-5-7-15(8-6-10)12-3-4-13(14)11(2)9-12;1-2/h3-4,9-10H,5-8H2,1-2H3;1-2H3. The Morgan fingerprint density at radius 1 is 1.18 bits per heavy atom. The topological polar surface area (TPSA) is 3.24 Å². The van der Waals surface area contributed by atoms with E-state index in [0.717, 1.165) is 10.9 Å². The lowest BCUT2D eigenvalue weighted by Crippen LogP contribution is -2.32. The molecule has 0 radical (unpaired) electrons. The van der Waals surface area contributed by atoms with Crippen LogP contribution in [-0.4, -0.2) is 13.1 Å². The van der Waals surface area contributed by atoms with Crippen LogP contribution >= 0.6 is 11.6 Å². The van der Waals surface area contributed by atoms with Crippen molar-refractivity contribution in [1.82, 2.24) is 0 Å². The Bertz CT molecular complexity index is 341. The SMILES string of the molecule is CC.Cc1cc(N2CCC(C)CC2)ccc1Cl. The van der Waals surface area contributed by atoms with Crippen molar-refractivity contribution in [1.29, 1.82) is 0 Å². The first-order chi connectivity index (χ1) is 8.16. The molecule has 0 aliphatic carbocycles. The average molecular weight is 254 g/mol. The van der Waals surface area contributed by atoms with Crippen molar-refractivity contribution in [2.45, 2.75) is 40.5 Å². The monoisotopic (exact) mass is 253 g/mol. The van der Waals surface area contributed by atoms with Crippen LogP contribution in [0.5, 0.6) is 0 Å². The molecule has 1 aromatic carbocycles. The van der Waals surface area contributed by atoms with Gasteiger partial charge in [-0.25, -0.2) is 0 Å². The van der Waals surface area contributed by atoms with Crippen molar-refractivity contribution in [2.24, 2.45) is 5.92 Å². The van der Waals surface area contributed by atoms with Gasteiger partial charge in [-0.3, -0.25) is 0 Å². The van der Waals surface area contributed by atoms with Gasteiger partial charge in [0.15, 0.2) is 0 Å². The van der Waals surface area contributed by atoms with Gasteiger partial charge in [-0.2, -0.15) is 0 Å². The zero-order valence-corrected chi connectivity index (χ0v) is 12.2. The Balaban J connectivity index is 0.000000686. The summed E-state index contributed by atoms with van der Waals surface area (Å²) < 4.78 is 0. The highest BCUT2D eigenvalue weighted by atomic mass is 35.5. The second-order valence-corrected chi connectivity index (χ2v) is 5.01. The summed E-state index contributed by atoms with van der Waals surface area (Å²) >= 11 is 6.02. The lowest BCUT2D eigenvalue weighted by molar-refractivity contribution is 0.438. The summed E-state index contributed by atoms with van der Waals surface area (Å²) in [6.45, 7) is 10.8. The van der Waals surface area contributed by atoms with E-state index in [4.69, 9.17) is 11.6 Å². The zero-order valence-electron chi connectivity index (χ0n) is 11.5. The number of rotatable bonds is 1. The Kier molecular flexibility index (Phi) is 5.84. The van der Waals surface area contributed by atoms with E-state index >= 15 is 0 Å². The van der Waals surface area contributed by atoms with Crippen molar-refractivity contribution < 1.29 is 0 Å². The third kappa shape index (κ3) is 3.92. The molecule has 1 saturated heterocycles. The molecule has 2 rings (SSSR count). The second kappa shape index (κ2) is 6.90. The molecule has 1 aromatic rings. The summed E-state index contributed by atoms with van der Waals surface area (Å²) in [5.41, 5.74) is 2.50. The quantitative estimate of drug-likeness (QED) is 0.687. The van der Waals surface area contributed by atoms with Gasteiger partial charge >= 0.3 is 0 Å². The van der Waals surface area contributed by atoms with Gasteiger partial charge in [0.25, 0.3) is 0 Å². The predicted molar refractivity (Wildman–Crippen MR) is 78.1 cm³/mol. The summed E-state index contributed by atoms with van der Waals surface area (Å²) in [5, 5.41) is 0.865. The van der Waals surface area contributed by atoms with Gasteiger partial charge in [0.05, 0.1) is 0 Å². The van der Waals surface area contributed by atoms with Crippen molar-refractivity contribution in [3.05, 3.63) is 28.8 Å². The Morgan fingerprint density at radius 3 is 2.29 bits per heavy atom. The minimum atomic E-state index is 0.865. The van der Waals surface area contributed by atoms with Crippen molar-refractivity contribution in [3.63, 3.8) is 0 Å². The molecule has 0 saturated carbocycles. The van der Waals surface area contributed by atoms with Crippen LogP contribution in [0.25, 0.3) is 0 Å². The largest absolute Gasteiger partial charge is 0.372 e. The van der Waals surface area contributed by atoms with E-state index in [1.54, 1.807) is 0 Å². The number of halogens is 1. The van der Waals surface area contributed by atoms with E-state index < -0.39 is 0 Å². The molecule has 17 heavy (non-hydrogen) atoms. The smallest absolute Gasteiger partial charge is 0.0436 e. The number of nitrogens with zero attached hydrogens (tertiary/aromatic N) is 1. The van der Waals surface area contributed by atoms with E-state index in [2.05, 4.69) is 30.9 Å². The maximum atomic E-state index is 6.02. The molecular weight excluding hydrogens is 230 g/mol. The first-order valence-electron chi connectivity index (χ1n) is 6.68. The third-order valence-electron chi connectivity index (χ3n) is 3.29. The Labute approximate surface area is 111 Å². The van der Waals surface area contributed by atoms with Gasteiger partial charge in [-0.15, -0.1) is 0 Å². The van der Waals surface area contributed by atoms with Crippen molar-refractivity contribution in [2.75, 3.05) is 18.0 Å². The number of aryl methyl sites for hydroxylation is 1. The maximum Gasteiger partial charge on any atom is 0.0436 e. The van der Waals surface area contributed by atoms with E-state index in [1.165, 1.54) is 37.2 Å². The van der Waals surface area contributed by atoms with Gasteiger partial charge in [-0.1, -0.05) is 32.4 Å². The average Bonchev–Trinajstić information content (AvgIpc) is 2.36. The molecule has 2 heteroatoms. The molecule has 0 bridgehead atoms. The first kappa shape index (κ1) is 14.4. The van der Waals surface area contributed by atoms with Crippen molar-refractivity contribution in [3.8, 4) is 0 Å². The highest BCUT2D eigenvalue weighted by Crippen LogP contribution is 2.26. The summed E-state index contributed by atoms with van der Waals surface area (Å²) in [6, 6.07) is 6.33. The van der Waals surface area contributed by atoms with Gasteiger partial charge in [0, 0.05) is 23.8 Å². The van der Waals surface area contributed by atoms with Crippen LogP contribution < -0.4 is 4.90 Å². The molecule has 0 aromatic heterocycles. The van der Waals surface area contributed by atoms with Crippen LogP contribution in [-0.2, 0) is 0 Å². The van der Waals surface area contributed by atoms with Gasteiger partial charge in [0.2, 0.25) is 0 Å². The maximum absolute atomic E-state index is 6.02. The minimum absolute atomic E-state index is 0.865. The minimum Gasteiger partial charge on any atom is -0.372 e. The molecule has 0 N–H and O–H groups in total. The first-order valence-corrected chi connectivity index (χ1v) is 7.05. The lowest BCUT2D eigenvalue weighted by atomic mass is 9.98. The van der Waals surface area contributed by atoms with Crippen LogP contribution in [0, 0.1) is 12.8 Å². The van der Waals surface area contributed by atoms with Crippen molar-refractivity contribution >= 4 is 17.3 Å². The molecule has 1 aliphatic heterocycles. The normalized spacial score (nSPS) is 16.4. The van der Waals surface area contributed by atoms with E-state index in [0.29, 0.717) is 0 Å². The summed E-state index contributed by atoms with van der Waals surface area (Å²) in [7, 11) is 0. The Hall–Kier alpha value is -0.690. The highest BCUT2D eigenvalue weighted by Gasteiger charge is 2.16. The fourth-order valence-electron chi connectivity index (χ4n) is 2.09. The third-order valence-corrected chi connectivity index (χ3v) is 3.71. The summed E-state index contributed by atoms with van der Waals surface area (Å²) in [5.74, 6) is 0.884. The fraction of sp³-hybridized carbons (Fsp3) is 0.600. The molecule has 0 spiro atoms. The number of piperidine rings is 1.